The molecule has 0 N–H and O–H groups in total. The molecule has 6 heteroatoms. The summed E-state index contributed by atoms with van der Waals surface area (Å²) in [7, 11) is 1.67. The Morgan fingerprint density at radius 3 is 2.31 bits per heavy atom. The second-order valence-electron chi connectivity index (χ2n) is 6.55. The third-order valence-corrected chi connectivity index (χ3v) is 5.15. The lowest BCUT2D eigenvalue weighted by molar-refractivity contribution is 0.0743. The zero-order valence-corrected chi connectivity index (χ0v) is 16.5. The van der Waals surface area contributed by atoms with Crippen LogP contribution >= 0.6 is 15.9 Å². The van der Waals surface area contributed by atoms with Crippen molar-refractivity contribution in [1.82, 2.24) is 4.90 Å². The van der Waals surface area contributed by atoms with Crippen LogP contribution < -0.4 is 4.90 Å². The van der Waals surface area contributed by atoms with E-state index in [1.54, 1.807) is 31.3 Å². The molecule has 1 saturated heterocycles. The quantitative estimate of drug-likeness (QED) is 0.723. The van der Waals surface area contributed by atoms with E-state index in [2.05, 4.69) is 15.9 Å². The molecule has 0 unspecified atom stereocenters. The molecule has 3 rings (SSSR count). The Morgan fingerprint density at radius 1 is 1.00 bits per heavy atom. The Morgan fingerprint density at radius 2 is 1.65 bits per heavy atom. The number of carbonyl (C=O) groups is 2. The number of nitrogens with zero attached hydrogens (tertiary/aromatic N) is 2. The zero-order chi connectivity index (χ0) is 18.5. The smallest absolute Gasteiger partial charge is 0.293 e. The van der Waals surface area contributed by atoms with Crippen molar-refractivity contribution in [2.24, 2.45) is 0 Å². The highest BCUT2D eigenvalue weighted by molar-refractivity contribution is 9.10. The van der Waals surface area contributed by atoms with Gasteiger partial charge >= 0.3 is 0 Å². The average Bonchev–Trinajstić information content (AvgIpc) is 3.06. The maximum atomic E-state index is 13.1. The number of carbonyl (C=O) groups excluding carboxylic acids is 2. The van der Waals surface area contributed by atoms with Crippen LogP contribution in [0.5, 0.6) is 0 Å². The molecule has 0 saturated carbocycles. The third-order valence-electron chi connectivity index (χ3n) is 4.73. The molecule has 5 nitrogen and oxygen atoms in total. The van der Waals surface area contributed by atoms with Gasteiger partial charge in [-0.1, -0.05) is 31.4 Å². The van der Waals surface area contributed by atoms with Gasteiger partial charge in [-0.3, -0.25) is 9.59 Å². The van der Waals surface area contributed by atoms with Crippen LogP contribution in [-0.4, -0.2) is 36.9 Å². The van der Waals surface area contributed by atoms with E-state index >= 15 is 0 Å². The van der Waals surface area contributed by atoms with Gasteiger partial charge in [0.05, 0.1) is 11.3 Å². The Labute approximate surface area is 162 Å². The van der Waals surface area contributed by atoms with Crippen LogP contribution in [0.25, 0.3) is 0 Å². The van der Waals surface area contributed by atoms with Crippen molar-refractivity contribution in [1.29, 1.82) is 0 Å². The first-order chi connectivity index (χ1) is 12.6. The summed E-state index contributed by atoms with van der Waals surface area (Å²) in [5.74, 6) is -0.0701. The summed E-state index contributed by atoms with van der Waals surface area (Å²) in [5, 5.41) is 0. The van der Waals surface area contributed by atoms with Crippen LogP contribution in [0.4, 0.5) is 5.69 Å². The second kappa shape index (κ2) is 8.54. The van der Waals surface area contributed by atoms with E-state index in [0.717, 1.165) is 38.8 Å². The first-order valence-corrected chi connectivity index (χ1v) is 9.79. The Kier molecular flexibility index (Phi) is 6.14. The predicted octanol–water partition coefficient (Wildman–Crippen LogP) is 4.73. The summed E-state index contributed by atoms with van der Waals surface area (Å²) in [6.07, 6.45) is 5.63. The number of halogens is 1. The number of amides is 2. The highest BCUT2D eigenvalue weighted by atomic mass is 79.9. The van der Waals surface area contributed by atoms with E-state index in [0.29, 0.717) is 15.9 Å². The summed E-state index contributed by atoms with van der Waals surface area (Å²) >= 11 is 3.21. The van der Waals surface area contributed by atoms with Crippen LogP contribution in [0, 0.1) is 0 Å². The number of hydrogen-bond acceptors (Lipinski definition) is 3. The van der Waals surface area contributed by atoms with Crippen molar-refractivity contribution in [3.8, 4) is 0 Å². The SMILES string of the molecule is CN(C(=O)c1ccc(Br)o1)c1ccccc1C(=O)N1CCCCCCC1. The second-order valence-corrected chi connectivity index (χ2v) is 7.33. The highest BCUT2D eigenvalue weighted by Crippen LogP contribution is 2.25. The first kappa shape index (κ1) is 18.7. The van der Waals surface area contributed by atoms with Crippen molar-refractivity contribution in [3.63, 3.8) is 0 Å². The summed E-state index contributed by atoms with van der Waals surface area (Å²) in [6.45, 7) is 1.55. The van der Waals surface area contributed by atoms with Crippen molar-refractivity contribution in [3.05, 3.63) is 52.4 Å². The summed E-state index contributed by atoms with van der Waals surface area (Å²) in [5.41, 5.74) is 1.15. The molecule has 0 spiro atoms. The number of rotatable bonds is 3. The maximum Gasteiger partial charge on any atom is 0.293 e. The molecule has 0 atom stereocenters. The van der Waals surface area contributed by atoms with E-state index in [4.69, 9.17) is 4.42 Å². The van der Waals surface area contributed by atoms with Gasteiger partial charge in [-0.15, -0.1) is 0 Å². The minimum atomic E-state index is -0.288. The molecule has 2 heterocycles. The highest BCUT2D eigenvalue weighted by Gasteiger charge is 2.24. The lowest BCUT2D eigenvalue weighted by Crippen LogP contribution is -2.35. The summed E-state index contributed by atoms with van der Waals surface area (Å²) < 4.78 is 5.86. The van der Waals surface area contributed by atoms with Gasteiger partial charge < -0.3 is 14.2 Å². The molecule has 0 bridgehead atoms. The molecular weight excluding hydrogens is 396 g/mol. The largest absolute Gasteiger partial charge is 0.444 e. The van der Waals surface area contributed by atoms with Crippen molar-refractivity contribution in [2.45, 2.75) is 32.1 Å². The topological polar surface area (TPSA) is 53.8 Å². The average molecular weight is 419 g/mol. The standard InChI is InChI=1S/C20H23BrN2O3/c1-22(20(25)17-11-12-18(21)26-17)16-10-6-5-9-15(16)19(24)23-13-7-3-2-4-8-14-23/h5-6,9-12H,2-4,7-8,13-14H2,1H3. The molecular formula is C20H23BrN2O3. The minimum absolute atomic E-state index is 0.0113. The number of furan rings is 1. The van der Waals surface area contributed by atoms with Gasteiger partial charge in [0, 0.05) is 20.1 Å². The molecule has 1 fully saturated rings. The molecule has 0 radical (unpaired) electrons. The van der Waals surface area contributed by atoms with Crippen LogP contribution in [0.3, 0.4) is 0 Å². The molecule has 2 amide bonds. The van der Waals surface area contributed by atoms with Crippen molar-refractivity contribution >= 4 is 33.4 Å². The van der Waals surface area contributed by atoms with Crippen molar-refractivity contribution in [2.75, 3.05) is 25.0 Å². The van der Waals surface area contributed by atoms with E-state index in [-0.39, 0.29) is 17.6 Å². The first-order valence-electron chi connectivity index (χ1n) is 8.99. The molecule has 2 aromatic rings. The van der Waals surface area contributed by atoms with Crippen LogP contribution in [-0.2, 0) is 0 Å². The number of likely N-dealkylation sites (tertiary alicyclic amines) is 1. The van der Waals surface area contributed by atoms with Gasteiger partial charge in [-0.2, -0.15) is 0 Å². The molecule has 1 aliphatic rings. The number of para-hydroxylation sites is 1. The molecule has 26 heavy (non-hydrogen) atoms. The fraction of sp³-hybridized carbons (Fsp3) is 0.400. The lowest BCUT2D eigenvalue weighted by atomic mass is 10.1. The van der Waals surface area contributed by atoms with Gasteiger partial charge in [0.25, 0.3) is 11.8 Å². The molecule has 1 aromatic carbocycles. The van der Waals surface area contributed by atoms with E-state index in [1.807, 2.05) is 17.0 Å². The number of anilines is 1. The maximum absolute atomic E-state index is 13.1. The Hall–Kier alpha value is -2.08. The molecule has 138 valence electrons. The van der Waals surface area contributed by atoms with Gasteiger partial charge in [0.2, 0.25) is 0 Å². The zero-order valence-electron chi connectivity index (χ0n) is 14.9. The van der Waals surface area contributed by atoms with E-state index in [1.165, 1.54) is 11.3 Å². The Bertz CT molecular complexity index is 779. The van der Waals surface area contributed by atoms with Crippen LogP contribution in [0.15, 0.2) is 45.5 Å². The van der Waals surface area contributed by atoms with Gasteiger partial charge in [-0.05, 0) is 53.0 Å². The minimum Gasteiger partial charge on any atom is -0.444 e. The lowest BCUT2D eigenvalue weighted by Gasteiger charge is -2.27. The summed E-state index contributed by atoms with van der Waals surface area (Å²) in [4.78, 5) is 29.2. The fourth-order valence-corrected chi connectivity index (χ4v) is 3.58. The van der Waals surface area contributed by atoms with Crippen molar-refractivity contribution < 1.29 is 14.0 Å². The van der Waals surface area contributed by atoms with Gasteiger partial charge in [-0.25, -0.2) is 0 Å². The molecule has 1 aliphatic heterocycles. The predicted molar refractivity (Wildman–Crippen MR) is 105 cm³/mol. The monoisotopic (exact) mass is 418 g/mol. The van der Waals surface area contributed by atoms with Crippen LogP contribution in [0.1, 0.15) is 53.0 Å². The van der Waals surface area contributed by atoms with E-state index in [9.17, 15) is 9.59 Å². The number of hydrogen-bond donors (Lipinski definition) is 0. The third kappa shape index (κ3) is 4.18. The molecule has 0 aliphatic carbocycles. The van der Waals surface area contributed by atoms with Crippen LogP contribution in [0.2, 0.25) is 0 Å². The number of benzene rings is 1. The Balaban J connectivity index is 1.84. The molecule has 1 aromatic heterocycles. The van der Waals surface area contributed by atoms with E-state index < -0.39 is 0 Å². The summed E-state index contributed by atoms with van der Waals surface area (Å²) in [6, 6.07) is 10.6. The fourth-order valence-electron chi connectivity index (χ4n) is 3.27. The normalized spacial score (nSPS) is 15.2. The van der Waals surface area contributed by atoms with Gasteiger partial charge in [0.15, 0.2) is 10.4 Å². The van der Waals surface area contributed by atoms with Gasteiger partial charge in [0.1, 0.15) is 0 Å².